The highest BCUT2D eigenvalue weighted by atomic mass is 32.7. The summed E-state index contributed by atoms with van der Waals surface area (Å²) in [6, 6.07) is 20.7. The van der Waals surface area contributed by atoms with Crippen LogP contribution in [0.4, 0.5) is 19.4 Å². The van der Waals surface area contributed by atoms with Gasteiger partial charge < -0.3 is 50.7 Å². The van der Waals surface area contributed by atoms with Crippen molar-refractivity contribution in [2.45, 2.75) is 106 Å². The summed E-state index contributed by atoms with van der Waals surface area (Å²) in [4.78, 5) is 100. The Labute approximate surface area is 503 Å². The van der Waals surface area contributed by atoms with Gasteiger partial charge in [-0.1, -0.05) is 86.6 Å². The van der Waals surface area contributed by atoms with E-state index >= 15 is 13.3 Å². The second-order valence-corrected chi connectivity index (χ2v) is 28.3. The average molecular weight is 1280 g/mol. The average Bonchev–Trinajstić information content (AvgIpc) is 1.79. The highest BCUT2D eigenvalue weighted by Crippen LogP contribution is 2.65. The first-order chi connectivity index (χ1) is 41.7. The second-order valence-electron chi connectivity index (χ2n) is 21.5. The molecule has 3 amide bonds. The number of halogens is 2. The Morgan fingerprint density at radius 2 is 1.46 bits per heavy atom. The molecule has 0 radical (unpaired) electrons. The van der Waals surface area contributed by atoms with Gasteiger partial charge in [0.2, 0.25) is 5.91 Å². The van der Waals surface area contributed by atoms with Crippen molar-refractivity contribution in [2.75, 3.05) is 32.1 Å². The fourth-order valence-electron chi connectivity index (χ4n) is 11.1. The summed E-state index contributed by atoms with van der Waals surface area (Å²) < 4.78 is 93.3. The number of aromatic amines is 1. The first-order valence-corrected chi connectivity index (χ1v) is 33.4. The zero-order chi connectivity index (χ0) is 61.3. The van der Waals surface area contributed by atoms with Gasteiger partial charge in [0.15, 0.2) is 53.2 Å². The monoisotopic (exact) mass is 1280 g/mol. The molecule has 3 fully saturated rings. The summed E-state index contributed by atoms with van der Waals surface area (Å²) in [5, 5.41) is 5.37. The summed E-state index contributed by atoms with van der Waals surface area (Å²) in [5.41, 5.74) is 16.0. The third-order valence-corrected chi connectivity index (χ3v) is 20.7. The molecule has 7 heterocycles. The summed E-state index contributed by atoms with van der Waals surface area (Å²) in [5.74, 6) is -2.96. The number of imidazole rings is 2. The van der Waals surface area contributed by atoms with Gasteiger partial charge >= 0.3 is 25.5 Å². The zero-order valence-electron chi connectivity index (χ0n) is 46.5. The molecule has 1 aliphatic carbocycles. The molecule has 2 unspecified atom stereocenters. The number of ketones is 1. The van der Waals surface area contributed by atoms with Crippen molar-refractivity contribution in [3.8, 4) is 11.1 Å². The molecule has 26 nitrogen and oxygen atoms in total. The zero-order valence-corrected chi connectivity index (χ0v) is 50.0. The summed E-state index contributed by atoms with van der Waals surface area (Å²) >= 11 is 5.97. The number of nitrogens with one attached hydrogen (secondary N) is 3. The van der Waals surface area contributed by atoms with Crippen molar-refractivity contribution in [1.82, 2.24) is 49.7 Å². The molecule has 32 heteroatoms. The van der Waals surface area contributed by atoms with E-state index in [4.69, 9.17) is 55.6 Å². The maximum Gasteiger partial charge on any atom is 0.389 e. The number of amides is 3. The number of alkyl halides is 2. The van der Waals surface area contributed by atoms with Crippen LogP contribution >= 0.6 is 24.9 Å². The number of H-pyrrole nitrogens is 1. The highest BCUT2D eigenvalue weighted by Gasteiger charge is 2.55. The van der Waals surface area contributed by atoms with Gasteiger partial charge in [0, 0.05) is 24.6 Å². The fourth-order valence-corrected chi connectivity index (χ4v) is 15.9. The Hall–Kier alpha value is -6.95. The molecule has 3 saturated heterocycles. The maximum atomic E-state index is 17.1. The third kappa shape index (κ3) is 13.4. The van der Waals surface area contributed by atoms with Crippen LogP contribution in [-0.2, 0) is 75.2 Å². The quantitative estimate of drug-likeness (QED) is 0.0300. The van der Waals surface area contributed by atoms with Crippen molar-refractivity contribution in [3.63, 3.8) is 0 Å². The van der Waals surface area contributed by atoms with Crippen LogP contribution in [-0.4, -0.2) is 137 Å². The van der Waals surface area contributed by atoms with E-state index in [2.05, 4.69) is 40.5 Å². The Bertz CT molecular complexity index is 3840. The number of nitrogen functional groups attached to an aromatic ring is 1. The molecule has 3 aliphatic heterocycles. The Kier molecular flexibility index (Phi) is 18.4. The van der Waals surface area contributed by atoms with Gasteiger partial charge in [-0.2, -0.15) is 0 Å². The fraction of sp³-hybridized carbons (Fsp3) is 0.418. The van der Waals surface area contributed by atoms with Crippen molar-refractivity contribution < 1.29 is 69.7 Å². The normalized spacial score (nSPS) is 26.2. The molecule has 8 N–H and O–H groups in total. The lowest BCUT2D eigenvalue weighted by Crippen LogP contribution is -2.46. The number of Topliss-reactive ketones (excluding diaryl/α,β-unsaturated/α-hetero) is 1. The number of ether oxygens (including phenoxy) is 3. The number of hydrogen-bond donors (Lipinski definition) is 6. The van der Waals surface area contributed by atoms with Gasteiger partial charge in [0.05, 0.1) is 50.6 Å². The van der Waals surface area contributed by atoms with Gasteiger partial charge in [-0.15, -0.1) is 0 Å². The van der Waals surface area contributed by atoms with Gasteiger partial charge in [0.1, 0.15) is 42.9 Å². The van der Waals surface area contributed by atoms with E-state index in [9.17, 15) is 28.9 Å². The number of carbonyl (C=O) groups excluding carboxylic acids is 4. The van der Waals surface area contributed by atoms with E-state index in [1.807, 2.05) is 48.5 Å². The van der Waals surface area contributed by atoms with Crippen molar-refractivity contribution in [1.29, 1.82) is 0 Å². The van der Waals surface area contributed by atoms with Crippen LogP contribution in [0.2, 0.25) is 0 Å². The Balaban J connectivity index is 0.787. The van der Waals surface area contributed by atoms with E-state index < -0.39 is 111 Å². The van der Waals surface area contributed by atoms with Crippen molar-refractivity contribution in [3.05, 3.63) is 131 Å². The lowest BCUT2D eigenvalue weighted by Gasteiger charge is -2.30. The third-order valence-electron chi connectivity index (χ3n) is 15.5. The number of aromatic nitrogens is 8. The van der Waals surface area contributed by atoms with E-state index in [1.165, 1.54) is 10.9 Å². The molecule has 12 atom stereocenters. The smallest absolute Gasteiger partial charge is 0.389 e. The van der Waals surface area contributed by atoms with Crippen LogP contribution in [0.3, 0.4) is 0 Å². The molecule has 460 valence electrons. The maximum absolute atomic E-state index is 17.1. The number of primary amides is 1. The van der Waals surface area contributed by atoms with Crippen molar-refractivity contribution in [2.24, 2.45) is 17.6 Å². The molecule has 4 aliphatic rings. The summed E-state index contributed by atoms with van der Waals surface area (Å²) in [7, 11) is 0. The number of carbonyl (C=O) groups is 4. The van der Waals surface area contributed by atoms with E-state index in [0.717, 1.165) is 45.8 Å². The Morgan fingerprint density at radius 3 is 2.11 bits per heavy atom. The minimum atomic E-state index is -4.67. The molecule has 3 aromatic carbocycles. The molecule has 87 heavy (non-hydrogen) atoms. The van der Waals surface area contributed by atoms with Crippen LogP contribution in [0.15, 0.2) is 103 Å². The van der Waals surface area contributed by atoms with Gasteiger partial charge in [-0.25, -0.2) is 43.1 Å². The topological polar surface area (TPSA) is 353 Å². The molecule has 0 spiro atoms. The lowest BCUT2D eigenvalue weighted by molar-refractivity contribution is -0.148. The van der Waals surface area contributed by atoms with Gasteiger partial charge in [0.25, 0.3) is 5.56 Å². The number of hydrogen-bond acceptors (Lipinski definition) is 21. The molecule has 4 aromatic heterocycles. The van der Waals surface area contributed by atoms with Gasteiger partial charge in [-0.3, -0.25) is 41.9 Å². The number of nitrogens with zero attached hydrogens (tertiary/aromatic N) is 7. The molecule has 11 rings (SSSR count). The minimum absolute atomic E-state index is 0.00299. The van der Waals surface area contributed by atoms with Gasteiger partial charge in [-0.05, 0) is 75.3 Å². The lowest BCUT2D eigenvalue weighted by atomic mass is 9.90. The summed E-state index contributed by atoms with van der Waals surface area (Å²) in [6.07, 6.45) is -9.45. The number of esters is 1. The Morgan fingerprint density at radius 1 is 0.851 bits per heavy atom. The summed E-state index contributed by atoms with van der Waals surface area (Å²) in [6.45, 7) is -6.80. The second kappa shape index (κ2) is 26.0. The molecular weight excluding hydrogens is 1220 g/mol. The van der Waals surface area contributed by atoms with Crippen molar-refractivity contribution >= 4 is 88.5 Å². The number of urea groups is 1. The predicted octanol–water partition coefficient (Wildman–Crippen LogP) is 6.15. The van der Waals surface area contributed by atoms with E-state index in [1.54, 1.807) is 38.1 Å². The van der Waals surface area contributed by atoms with Crippen LogP contribution in [0.5, 0.6) is 0 Å². The number of anilines is 1. The minimum Gasteiger partial charge on any atom is -0.465 e. The predicted molar refractivity (Wildman–Crippen MR) is 314 cm³/mol. The molecule has 7 aromatic rings. The van der Waals surface area contributed by atoms with Crippen LogP contribution < -0.4 is 27.7 Å². The number of fused-ring (bicyclic) bond motifs is 7. The van der Waals surface area contributed by atoms with Crippen LogP contribution in [0, 0.1) is 11.8 Å². The molecule has 0 saturated carbocycles. The number of rotatable bonds is 19. The molecular formula is C55H60F2N12O14P2S2. The largest absolute Gasteiger partial charge is 0.465 e. The first kappa shape index (κ1) is 61.7. The van der Waals surface area contributed by atoms with Crippen LogP contribution in [0.25, 0.3) is 33.5 Å². The molecule has 0 bridgehead atoms. The number of nitrogens with two attached hydrogens (primary N) is 2. The standard InChI is InChI=1S/C55H60F2N12O14P2S2/c1-28(2)35(19-41(71)77-20-36-33-10-5-3-8-31(33)32-9-4-6-11-34(32)36)51(72)67-37(12-7-17-60-55(59)74)38(70)18-29-13-15-30(16-14-29)23-87-85(76)79-22-40-46(42(56)53(81-40)68-26-65-44-48(58)61-24-62-49(44)68)82-84(75,86)78-21-39-47(83-85)43(57)54(80-39)69-27-66-45-50(69)63-25-64-52(45)73/h3-6,8-11,13-16,24-28,35-37,39-40,42-43,46-47,53-54H,7,12,17-23H2,1-2H3,(H,67,72)(H,75,86)(H2,58,61,62)(H3,59,60,74)(H,63,64,73)/t35-,37-,39+,40+,42+,43+,46+,47+,53+,54+,84?,85?/m0/s1. The van der Waals surface area contributed by atoms with E-state index in [-0.39, 0.29) is 90.4 Å². The highest BCUT2D eigenvalue weighted by molar-refractivity contribution is 8.54. The SMILES string of the molecule is CC(C)[C@H](CC(=O)OCC1c2ccccc2-c2ccccc21)C(=O)N[C@@H](CCCNC(N)=O)C(=O)Cc1ccc(CSP2(=O)OC[C@H]3O[C@@H](n4cnc5c(N)ncnc54)[C@H](F)[C@@H]3OP(O)(=S)OC[C@H]3O[C@@H](n4cnc5c(=O)[nH]cnc54)[C@H](F)[C@@H]3O2)cc1. The van der Waals surface area contributed by atoms with E-state index in [0.29, 0.717) is 22.5 Å². The number of benzene rings is 3. The first-order valence-electron chi connectivity index (χ1n) is 27.7. The van der Waals surface area contributed by atoms with Crippen LogP contribution in [0.1, 0.15) is 73.7 Å².